The molecule has 0 saturated heterocycles. The number of ketones is 1. The molecule has 0 unspecified atom stereocenters. The van der Waals surface area contributed by atoms with Gasteiger partial charge in [0, 0.05) is 12.7 Å². The Bertz CT molecular complexity index is 977. The average molecular weight is 411 g/mol. The van der Waals surface area contributed by atoms with Gasteiger partial charge in [-0.1, -0.05) is 43.8 Å². The minimum atomic E-state index is 0.0206. The fraction of sp³-hybridized carbons (Fsp3) is 0.318. The summed E-state index contributed by atoms with van der Waals surface area (Å²) in [4.78, 5) is 15.2. The standard InChI is InChI=1S/C22H26N4O2S/c1-5-11-26-21(13-28-20-12-16(4)8-9-17(20)15(2)3)24-25-22(26)29-14-19(27)18-7-6-10-23-18/h5-10,12,15,23H,1,11,13-14H2,2-4H3. The zero-order valence-electron chi connectivity index (χ0n) is 17.0. The third-order valence-corrected chi connectivity index (χ3v) is 5.45. The van der Waals surface area contributed by atoms with Crippen molar-refractivity contribution >= 4 is 17.5 Å². The van der Waals surface area contributed by atoms with Gasteiger partial charge >= 0.3 is 0 Å². The summed E-state index contributed by atoms with van der Waals surface area (Å²) >= 11 is 1.36. The summed E-state index contributed by atoms with van der Waals surface area (Å²) in [5.41, 5.74) is 2.91. The minimum absolute atomic E-state index is 0.0206. The van der Waals surface area contributed by atoms with Gasteiger partial charge in [0.05, 0.1) is 11.4 Å². The lowest BCUT2D eigenvalue weighted by Gasteiger charge is -2.15. The highest BCUT2D eigenvalue weighted by Crippen LogP contribution is 2.28. The molecule has 0 aliphatic rings. The second kappa shape index (κ2) is 9.60. The minimum Gasteiger partial charge on any atom is -0.485 e. The van der Waals surface area contributed by atoms with Gasteiger partial charge in [0.2, 0.25) is 0 Å². The third kappa shape index (κ3) is 5.17. The monoisotopic (exact) mass is 410 g/mol. The van der Waals surface area contributed by atoms with E-state index in [4.69, 9.17) is 4.74 Å². The first-order chi connectivity index (χ1) is 14.0. The van der Waals surface area contributed by atoms with Crippen molar-refractivity contribution in [2.75, 3.05) is 5.75 Å². The van der Waals surface area contributed by atoms with Crippen LogP contribution in [0.25, 0.3) is 0 Å². The van der Waals surface area contributed by atoms with Gasteiger partial charge in [0.15, 0.2) is 16.8 Å². The van der Waals surface area contributed by atoms with Crippen molar-refractivity contribution in [3.8, 4) is 5.75 Å². The van der Waals surface area contributed by atoms with E-state index in [-0.39, 0.29) is 11.5 Å². The summed E-state index contributed by atoms with van der Waals surface area (Å²) < 4.78 is 8.05. The summed E-state index contributed by atoms with van der Waals surface area (Å²) in [6.07, 6.45) is 3.53. The number of carbonyl (C=O) groups excluding carboxylic acids is 1. The number of aryl methyl sites for hydroxylation is 1. The molecular formula is C22H26N4O2S. The molecule has 0 atom stereocenters. The lowest BCUT2D eigenvalue weighted by molar-refractivity contribution is 0.101. The maximum absolute atomic E-state index is 12.2. The van der Waals surface area contributed by atoms with E-state index < -0.39 is 0 Å². The fourth-order valence-corrected chi connectivity index (χ4v) is 3.79. The molecule has 1 N–H and O–H groups in total. The average Bonchev–Trinajstić information content (AvgIpc) is 3.35. The van der Waals surface area contributed by atoms with Gasteiger partial charge in [-0.05, 0) is 42.2 Å². The van der Waals surface area contributed by atoms with Crippen LogP contribution in [0.4, 0.5) is 0 Å². The number of Topliss-reactive ketones (excluding diaryl/α,β-unsaturated/α-hetero) is 1. The maximum atomic E-state index is 12.2. The predicted molar refractivity (Wildman–Crippen MR) is 116 cm³/mol. The van der Waals surface area contributed by atoms with Crippen LogP contribution < -0.4 is 4.74 Å². The van der Waals surface area contributed by atoms with E-state index in [1.807, 2.05) is 23.6 Å². The highest BCUT2D eigenvalue weighted by Gasteiger charge is 2.16. The first-order valence-corrected chi connectivity index (χ1v) is 10.5. The van der Waals surface area contributed by atoms with Gasteiger partial charge < -0.3 is 9.72 Å². The maximum Gasteiger partial charge on any atom is 0.192 e. The Morgan fingerprint density at radius 1 is 1.34 bits per heavy atom. The molecule has 3 rings (SSSR count). The Kier molecular flexibility index (Phi) is 6.93. The molecule has 1 aromatic carbocycles. The third-order valence-electron chi connectivity index (χ3n) is 4.48. The molecule has 0 fully saturated rings. The predicted octanol–water partition coefficient (Wildman–Crippen LogP) is 4.78. The van der Waals surface area contributed by atoms with Crippen LogP contribution in [-0.4, -0.2) is 31.3 Å². The second-order valence-corrected chi connectivity index (χ2v) is 8.02. The summed E-state index contributed by atoms with van der Waals surface area (Å²) in [5, 5.41) is 9.23. The number of aromatic nitrogens is 4. The van der Waals surface area contributed by atoms with Gasteiger partial charge in [-0.25, -0.2) is 0 Å². The number of aromatic amines is 1. The largest absolute Gasteiger partial charge is 0.485 e. The molecule has 2 heterocycles. The van der Waals surface area contributed by atoms with Crippen LogP contribution in [0.3, 0.4) is 0 Å². The van der Waals surface area contributed by atoms with E-state index in [1.54, 1.807) is 18.3 Å². The molecule has 7 heteroatoms. The van der Waals surface area contributed by atoms with Crippen molar-refractivity contribution in [2.45, 2.75) is 45.0 Å². The number of allylic oxidation sites excluding steroid dienone is 1. The molecule has 2 aromatic heterocycles. The first kappa shape index (κ1) is 20.9. The molecule has 0 amide bonds. The number of nitrogens with one attached hydrogen (secondary N) is 1. The molecule has 152 valence electrons. The van der Waals surface area contributed by atoms with Crippen LogP contribution in [0.2, 0.25) is 0 Å². The van der Waals surface area contributed by atoms with E-state index in [0.29, 0.717) is 35.7 Å². The van der Waals surface area contributed by atoms with Crippen LogP contribution >= 0.6 is 11.8 Å². The SMILES string of the molecule is C=CCn1c(COc2cc(C)ccc2C(C)C)nnc1SCC(=O)c1ccc[nH]1. The fourth-order valence-electron chi connectivity index (χ4n) is 2.94. The second-order valence-electron chi connectivity index (χ2n) is 7.08. The van der Waals surface area contributed by atoms with Gasteiger partial charge in [-0.3, -0.25) is 9.36 Å². The lowest BCUT2D eigenvalue weighted by atomic mass is 10.0. The number of H-pyrrole nitrogens is 1. The lowest BCUT2D eigenvalue weighted by Crippen LogP contribution is -2.09. The first-order valence-electron chi connectivity index (χ1n) is 9.55. The quantitative estimate of drug-likeness (QED) is 0.296. The van der Waals surface area contributed by atoms with Crippen LogP contribution in [0.15, 0.2) is 54.3 Å². The van der Waals surface area contributed by atoms with Crippen molar-refractivity contribution in [3.05, 3.63) is 71.8 Å². The number of nitrogens with zero attached hydrogens (tertiary/aromatic N) is 3. The molecule has 0 saturated carbocycles. The molecule has 0 spiro atoms. The Labute approximate surface area is 175 Å². The highest BCUT2D eigenvalue weighted by molar-refractivity contribution is 7.99. The molecule has 0 radical (unpaired) electrons. The van der Waals surface area contributed by atoms with Gasteiger partial charge in [0.25, 0.3) is 0 Å². The molecule has 6 nitrogen and oxygen atoms in total. The number of hydrogen-bond donors (Lipinski definition) is 1. The zero-order chi connectivity index (χ0) is 20.8. The van der Waals surface area contributed by atoms with Crippen molar-refractivity contribution in [1.29, 1.82) is 0 Å². The number of hydrogen-bond acceptors (Lipinski definition) is 5. The van der Waals surface area contributed by atoms with Crippen molar-refractivity contribution in [3.63, 3.8) is 0 Å². The molecule has 3 aromatic rings. The van der Waals surface area contributed by atoms with Gasteiger partial charge in [-0.2, -0.15) is 0 Å². The molecule has 0 bridgehead atoms. The number of thioether (sulfide) groups is 1. The van der Waals surface area contributed by atoms with E-state index in [9.17, 15) is 4.79 Å². The van der Waals surface area contributed by atoms with E-state index in [0.717, 1.165) is 16.9 Å². The topological polar surface area (TPSA) is 72.8 Å². The summed E-state index contributed by atoms with van der Waals surface area (Å²) in [7, 11) is 0. The van der Waals surface area contributed by atoms with Crippen LogP contribution in [0, 0.1) is 6.92 Å². The number of carbonyl (C=O) groups is 1. The number of ether oxygens (including phenoxy) is 1. The summed E-state index contributed by atoms with van der Waals surface area (Å²) in [6.45, 7) is 11.0. The van der Waals surface area contributed by atoms with Gasteiger partial charge in [-0.15, -0.1) is 16.8 Å². The van der Waals surface area contributed by atoms with Gasteiger partial charge in [0.1, 0.15) is 12.4 Å². The summed E-state index contributed by atoms with van der Waals surface area (Å²) in [5.74, 6) is 2.24. The molecule has 29 heavy (non-hydrogen) atoms. The van der Waals surface area contributed by atoms with E-state index in [2.05, 4.69) is 47.7 Å². The summed E-state index contributed by atoms with van der Waals surface area (Å²) in [6, 6.07) is 9.83. The van der Waals surface area contributed by atoms with E-state index >= 15 is 0 Å². The van der Waals surface area contributed by atoms with Crippen LogP contribution in [-0.2, 0) is 13.2 Å². The molecular weight excluding hydrogens is 384 g/mol. The Hall–Kier alpha value is -2.80. The Morgan fingerprint density at radius 3 is 2.86 bits per heavy atom. The van der Waals surface area contributed by atoms with Crippen molar-refractivity contribution < 1.29 is 9.53 Å². The molecule has 0 aliphatic carbocycles. The van der Waals surface area contributed by atoms with Crippen molar-refractivity contribution in [1.82, 2.24) is 19.7 Å². The van der Waals surface area contributed by atoms with Crippen molar-refractivity contribution in [2.24, 2.45) is 0 Å². The number of rotatable bonds is 10. The van der Waals surface area contributed by atoms with Crippen LogP contribution in [0.1, 0.15) is 47.2 Å². The Balaban J connectivity index is 1.73. The Morgan fingerprint density at radius 2 is 2.17 bits per heavy atom. The van der Waals surface area contributed by atoms with E-state index in [1.165, 1.54) is 11.8 Å². The highest BCUT2D eigenvalue weighted by atomic mass is 32.2. The van der Waals surface area contributed by atoms with Crippen LogP contribution in [0.5, 0.6) is 5.75 Å². The zero-order valence-corrected chi connectivity index (χ0v) is 17.8. The normalized spacial score (nSPS) is 11.0. The smallest absolute Gasteiger partial charge is 0.192 e. The molecule has 0 aliphatic heterocycles. The number of benzene rings is 1.